The van der Waals surface area contributed by atoms with Crippen molar-refractivity contribution in [3.05, 3.63) is 83.2 Å². The van der Waals surface area contributed by atoms with Crippen LogP contribution in [0, 0.1) is 13.8 Å². The number of hydrogen-bond donors (Lipinski definition) is 1. The minimum Gasteiger partial charge on any atom is -0.345 e. The first-order chi connectivity index (χ1) is 12.0. The van der Waals surface area contributed by atoms with Crippen molar-refractivity contribution in [2.75, 3.05) is 0 Å². The maximum absolute atomic E-state index is 12.5. The van der Waals surface area contributed by atoms with E-state index in [1.165, 1.54) is 5.56 Å². The molecule has 1 heterocycles. The van der Waals surface area contributed by atoms with Gasteiger partial charge >= 0.3 is 0 Å². The SMILES string of the molecule is Cc1ccc(C)c(C(C)NC(=O)c2cnc(-c3ccccc3)nc2)c1. The number of hydrogen-bond acceptors (Lipinski definition) is 3. The molecule has 0 aliphatic carbocycles. The van der Waals surface area contributed by atoms with Crippen LogP contribution in [0.25, 0.3) is 11.4 Å². The molecule has 2 aromatic carbocycles. The zero-order valence-electron chi connectivity index (χ0n) is 14.7. The number of aromatic nitrogens is 2. The molecule has 0 saturated heterocycles. The van der Waals surface area contributed by atoms with Crippen molar-refractivity contribution < 1.29 is 4.79 Å². The van der Waals surface area contributed by atoms with Gasteiger partial charge in [0.1, 0.15) is 0 Å². The zero-order valence-corrected chi connectivity index (χ0v) is 14.7. The number of aryl methyl sites for hydroxylation is 2. The fourth-order valence-electron chi connectivity index (χ4n) is 2.77. The van der Waals surface area contributed by atoms with Crippen LogP contribution in [0.5, 0.6) is 0 Å². The lowest BCUT2D eigenvalue weighted by Gasteiger charge is -2.17. The summed E-state index contributed by atoms with van der Waals surface area (Å²) in [5, 5.41) is 3.02. The number of carbonyl (C=O) groups is 1. The van der Waals surface area contributed by atoms with E-state index in [2.05, 4.69) is 40.4 Å². The smallest absolute Gasteiger partial charge is 0.254 e. The molecule has 25 heavy (non-hydrogen) atoms. The minimum absolute atomic E-state index is 0.0822. The van der Waals surface area contributed by atoms with Crippen LogP contribution in [0.15, 0.2) is 60.9 Å². The fraction of sp³-hybridized carbons (Fsp3) is 0.190. The van der Waals surface area contributed by atoms with Gasteiger partial charge in [-0.25, -0.2) is 9.97 Å². The van der Waals surface area contributed by atoms with Crippen molar-refractivity contribution in [3.63, 3.8) is 0 Å². The highest BCUT2D eigenvalue weighted by Gasteiger charge is 2.14. The minimum atomic E-state index is -0.173. The average Bonchev–Trinajstić information content (AvgIpc) is 2.64. The van der Waals surface area contributed by atoms with Crippen LogP contribution in [0.1, 0.15) is 40.0 Å². The highest BCUT2D eigenvalue weighted by Crippen LogP contribution is 2.19. The van der Waals surface area contributed by atoms with Crippen LogP contribution in [-0.4, -0.2) is 15.9 Å². The first-order valence-corrected chi connectivity index (χ1v) is 8.30. The molecule has 0 radical (unpaired) electrons. The van der Waals surface area contributed by atoms with Gasteiger partial charge in [0.25, 0.3) is 5.91 Å². The lowest BCUT2D eigenvalue weighted by molar-refractivity contribution is 0.0939. The third kappa shape index (κ3) is 3.91. The first kappa shape index (κ1) is 16.8. The van der Waals surface area contributed by atoms with E-state index in [0.29, 0.717) is 11.4 Å². The van der Waals surface area contributed by atoms with Gasteiger partial charge in [-0.15, -0.1) is 0 Å². The van der Waals surface area contributed by atoms with Crippen molar-refractivity contribution in [1.82, 2.24) is 15.3 Å². The van der Waals surface area contributed by atoms with Crippen molar-refractivity contribution >= 4 is 5.91 Å². The second-order valence-electron chi connectivity index (χ2n) is 6.22. The molecule has 4 heteroatoms. The van der Waals surface area contributed by atoms with Crippen LogP contribution < -0.4 is 5.32 Å². The molecule has 1 unspecified atom stereocenters. The van der Waals surface area contributed by atoms with E-state index in [9.17, 15) is 4.79 Å². The molecular formula is C21H21N3O. The van der Waals surface area contributed by atoms with Gasteiger partial charge in [0.05, 0.1) is 11.6 Å². The summed E-state index contributed by atoms with van der Waals surface area (Å²) in [4.78, 5) is 21.1. The summed E-state index contributed by atoms with van der Waals surface area (Å²) in [5.41, 5.74) is 4.84. The third-order valence-electron chi connectivity index (χ3n) is 4.19. The third-order valence-corrected chi connectivity index (χ3v) is 4.19. The maximum Gasteiger partial charge on any atom is 0.254 e. The van der Waals surface area contributed by atoms with Gasteiger partial charge < -0.3 is 5.32 Å². The monoisotopic (exact) mass is 331 g/mol. The molecule has 3 rings (SSSR count). The molecular weight excluding hydrogens is 310 g/mol. The zero-order chi connectivity index (χ0) is 17.8. The van der Waals surface area contributed by atoms with Gasteiger partial charge in [0.15, 0.2) is 5.82 Å². The lowest BCUT2D eigenvalue weighted by Crippen LogP contribution is -2.27. The molecule has 0 saturated carbocycles. The number of nitrogens with zero attached hydrogens (tertiary/aromatic N) is 2. The van der Waals surface area contributed by atoms with Crippen LogP contribution in [-0.2, 0) is 0 Å². The van der Waals surface area contributed by atoms with E-state index in [1.807, 2.05) is 44.2 Å². The predicted octanol–water partition coefficient (Wildman–Crippen LogP) is 4.25. The molecule has 1 aromatic heterocycles. The van der Waals surface area contributed by atoms with Gasteiger partial charge in [-0.2, -0.15) is 0 Å². The number of amides is 1. The summed E-state index contributed by atoms with van der Waals surface area (Å²) in [5.74, 6) is 0.438. The Hall–Kier alpha value is -3.01. The summed E-state index contributed by atoms with van der Waals surface area (Å²) in [6.07, 6.45) is 3.14. The van der Waals surface area contributed by atoms with E-state index < -0.39 is 0 Å². The molecule has 0 fully saturated rings. The molecule has 0 aliphatic heterocycles. The standard InChI is InChI=1S/C21H21N3O/c1-14-9-10-15(2)19(11-14)16(3)24-21(25)18-12-22-20(23-13-18)17-7-5-4-6-8-17/h4-13,16H,1-3H3,(H,24,25). The molecule has 1 N–H and O–H groups in total. The second-order valence-corrected chi connectivity index (χ2v) is 6.22. The molecule has 0 bridgehead atoms. The van der Waals surface area contributed by atoms with Crippen molar-refractivity contribution in [3.8, 4) is 11.4 Å². The molecule has 1 amide bonds. The Labute approximate surface area is 148 Å². The van der Waals surface area contributed by atoms with E-state index in [-0.39, 0.29) is 11.9 Å². The molecule has 126 valence electrons. The van der Waals surface area contributed by atoms with Crippen LogP contribution in [0.3, 0.4) is 0 Å². The summed E-state index contributed by atoms with van der Waals surface area (Å²) < 4.78 is 0. The first-order valence-electron chi connectivity index (χ1n) is 8.30. The fourth-order valence-corrected chi connectivity index (χ4v) is 2.77. The summed E-state index contributed by atoms with van der Waals surface area (Å²) in [6, 6.07) is 15.9. The Morgan fingerprint density at radius 2 is 1.68 bits per heavy atom. The largest absolute Gasteiger partial charge is 0.345 e. The molecule has 4 nitrogen and oxygen atoms in total. The van der Waals surface area contributed by atoms with Gasteiger partial charge in [0.2, 0.25) is 0 Å². The Bertz CT molecular complexity index is 873. The highest BCUT2D eigenvalue weighted by molar-refractivity contribution is 5.94. The molecule has 0 spiro atoms. The normalized spacial score (nSPS) is 11.8. The number of carbonyl (C=O) groups excluding carboxylic acids is 1. The van der Waals surface area contributed by atoms with Gasteiger partial charge in [-0.1, -0.05) is 54.1 Å². The highest BCUT2D eigenvalue weighted by atomic mass is 16.1. The number of nitrogens with one attached hydrogen (secondary N) is 1. The molecule has 0 aliphatic rings. The van der Waals surface area contributed by atoms with E-state index >= 15 is 0 Å². The van der Waals surface area contributed by atoms with Crippen LogP contribution in [0.4, 0.5) is 0 Å². The van der Waals surface area contributed by atoms with Gasteiger partial charge in [-0.3, -0.25) is 4.79 Å². The molecule has 1 atom stereocenters. The van der Waals surface area contributed by atoms with Crippen LogP contribution >= 0.6 is 0 Å². The summed E-state index contributed by atoms with van der Waals surface area (Å²) in [7, 11) is 0. The topological polar surface area (TPSA) is 54.9 Å². The summed E-state index contributed by atoms with van der Waals surface area (Å²) >= 11 is 0. The predicted molar refractivity (Wildman–Crippen MR) is 99.3 cm³/mol. The number of benzene rings is 2. The Balaban J connectivity index is 1.74. The van der Waals surface area contributed by atoms with Gasteiger partial charge in [0, 0.05) is 18.0 Å². The van der Waals surface area contributed by atoms with Crippen molar-refractivity contribution in [2.45, 2.75) is 26.8 Å². The Kier molecular flexibility index (Phi) is 4.89. The van der Waals surface area contributed by atoms with Gasteiger partial charge in [-0.05, 0) is 31.9 Å². The van der Waals surface area contributed by atoms with E-state index in [1.54, 1.807) is 12.4 Å². The van der Waals surface area contributed by atoms with E-state index in [4.69, 9.17) is 0 Å². The van der Waals surface area contributed by atoms with Crippen molar-refractivity contribution in [1.29, 1.82) is 0 Å². The average molecular weight is 331 g/mol. The second kappa shape index (κ2) is 7.26. The Morgan fingerprint density at radius 1 is 1.00 bits per heavy atom. The van der Waals surface area contributed by atoms with E-state index in [0.717, 1.165) is 16.7 Å². The quantitative estimate of drug-likeness (QED) is 0.777. The van der Waals surface area contributed by atoms with Crippen molar-refractivity contribution in [2.24, 2.45) is 0 Å². The molecule has 3 aromatic rings. The lowest BCUT2D eigenvalue weighted by atomic mass is 10.00. The number of rotatable bonds is 4. The Morgan fingerprint density at radius 3 is 2.36 bits per heavy atom. The summed E-state index contributed by atoms with van der Waals surface area (Å²) in [6.45, 7) is 6.09. The maximum atomic E-state index is 12.5. The van der Waals surface area contributed by atoms with Crippen LogP contribution in [0.2, 0.25) is 0 Å².